The van der Waals surface area contributed by atoms with Gasteiger partial charge in [0.25, 0.3) is 11.5 Å². The number of benzene rings is 3. The van der Waals surface area contributed by atoms with Gasteiger partial charge in [0.1, 0.15) is 12.6 Å². The predicted octanol–water partition coefficient (Wildman–Crippen LogP) is 2.54. The molecule has 8 heteroatoms. The molecule has 1 aliphatic rings. The predicted molar refractivity (Wildman–Crippen MR) is 140 cm³/mol. The molecule has 0 aliphatic carbocycles. The first-order valence-corrected chi connectivity index (χ1v) is 12.0. The molecule has 1 unspecified atom stereocenters. The van der Waals surface area contributed by atoms with Crippen LogP contribution in [0.5, 0.6) is 0 Å². The number of carbonyl (C=O) groups is 3. The Labute approximate surface area is 213 Å². The zero-order chi connectivity index (χ0) is 25.9. The number of nitrogens with two attached hydrogens (primary N) is 1. The highest BCUT2D eigenvalue weighted by Crippen LogP contribution is 2.23. The fourth-order valence-corrected chi connectivity index (χ4v) is 4.83. The normalized spacial score (nSPS) is 13.6. The highest BCUT2D eigenvalue weighted by atomic mass is 16.2. The summed E-state index contributed by atoms with van der Waals surface area (Å²) in [6.07, 6.45) is 0.750. The van der Waals surface area contributed by atoms with Gasteiger partial charge in [-0.3, -0.25) is 23.7 Å². The van der Waals surface area contributed by atoms with Gasteiger partial charge >= 0.3 is 0 Å². The first-order valence-electron chi connectivity index (χ1n) is 12.0. The second kappa shape index (κ2) is 10.1. The van der Waals surface area contributed by atoms with E-state index in [4.69, 9.17) is 5.73 Å². The third-order valence-corrected chi connectivity index (χ3v) is 6.69. The lowest BCUT2D eigenvalue weighted by atomic mass is 9.98. The highest BCUT2D eigenvalue weighted by molar-refractivity contribution is 6.06. The standard InChI is InChI=1S/C29H26N4O4/c30-28(36)27(20-9-2-1-3-10-20)31-25(34)18-33-24-13-7-6-12-22(24)23(16-26(33)35)29(37)32-15-14-19-8-4-5-11-21(19)17-32/h1-13,16,27H,14-15,17-18H2,(H2,30,36)(H,31,34). The minimum absolute atomic E-state index is 0.225. The van der Waals surface area contributed by atoms with Crippen LogP contribution in [0, 0.1) is 0 Å². The van der Waals surface area contributed by atoms with Gasteiger partial charge in [-0.2, -0.15) is 0 Å². The van der Waals surface area contributed by atoms with E-state index >= 15 is 0 Å². The number of nitrogens with zero attached hydrogens (tertiary/aromatic N) is 2. The van der Waals surface area contributed by atoms with Crippen LogP contribution in [0.15, 0.2) is 89.7 Å². The van der Waals surface area contributed by atoms with E-state index in [1.807, 2.05) is 18.2 Å². The first kappa shape index (κ1) is 24.0. The summed E-state index contributed by atoms with van der Waals surface area (Å²) < 4.78 is 1.30. The van der Waals surface area contributed by atoms with Crippen LogP contribution >= 0.6 is 0 Å². The molecule has 5 rings (SSSR count). The zero-order valence-corrected chi connectivity index (χ0v) is 20.1. The summed E-state index contributed by atoms with van der Waals surface area (Å²) >= 11 is 0. The topological polar surface area (TPSA) is 114 Å². The summed E-state index contributed by atoms with van der Waals surface area (Å²) in [4.78, 5) is 53.4. The van der Waals surface area contributed by atoms with E-state index in [0.717, 1.165) is 12.0 Å². The van der Waals surface area contributed by atoms with Crippen molar-refractivity contribution in [2.75, 3.05) is 6.54 Å². The zero-order valence-electron chi connectivity index (χ0n) is 20.1. The number of para-hydroxylation sites is 1. The number of rotatable bonds is 6. The summed E-state index contributed by atoms with van der Waals surface area (Å²) in [5.74, 6) is -1.48. The van der Waals surface area contributed by atoms with Crippen molar-refractivity contribution in [3.63, 3.8) is 0 Å². The van der Waals surface area contributed by atoms with Crippen LogP contribution < -0.4 is 16.6 Å². The molecule has 1 aromatic heterocycles. The van der Waals surface area contributed by atoms with Gasteiger partial charge < -0.3 is 16.0 Å². The maximum Gasteiger partial charge on any atom is 0.255 e. The molecule has 2 heterocycles. The van der Waals surface area contributed by atoms with Gasteiger partial charge in [-0.15, -0.1) is 0 Å². The van der Waals surface area contributed by atoms with Crippen molar-refractivity contribution in [2.45, 2.75) is 25.6 Å². The summed E-state index contributed by atoms with van der Waals surface area (Å²) in [6.45, 7) is 0.702. The lowest BCUT2D eigenvalue weighted by Gasteiger charge is -2.29. The van der Waals surface area contributed by atoms with E-state index in [9.17, 15) is 19.2 Å². The second-order valence-corrected chi connectivity index (χ2v) is 9.06. The number of pyridine rings is 1. The Morgan fingerprint density at radius 2 is 1.57 bits per heavy atom. The molecule has 0 saturated carbocycles. The fourth-order valence-electron chi connectivity index (χ4n) is 4.83. The maximum absolute atomic E-state index is 13.5. The van der Waals surface area contributed by atoms with Crippen LogP contribution in [0.1, 0.15) is 33.1 Å². The number of hydrogen-bond donors (Lipinski definition) is 2. The highest BCUT2D eigenvalue weighted by Gasteiger charge is 2.25. The van der Waals surface area contributed by atoms with Gasteiger partial charge in [-0.25, -0.2) is 0 Å². The third-order valence-electron chi connectivity index (χ3n) is 6.69. The van der Waals surface area contributed by atoms with E-state index in [2.05, 4.69) is 11.4 Å². The maximum atomic E-state index is 13.5. The Kier molecular flexibility index (Phi) is 6.55. The Balaban J connectivity index is 1.43. The molecule has 4 aromatic rings. The van der Waals surface area contributed by atoms with Crippen molar-refractivity contribution in [1.29, 1.82) is 0 Å². The average Bonchev–Trinajstić information content (AvgIpc) is 2.92. The van der Waals surface area contributed by atoms with Gasteiger partial charge in [0.2, 0.25) is 11.8 Å². The van der Waals surface area contributed by atoms with Crippen molar-refractivity contribution >= 4 is 28.6 Å². The van der Waals surface area contributed by atoms with Crippen molar-refractivity contribution in [3.8, 4) is 0 Å². The molecule has 0 saturated heterocycles. The van der Waals surface area contributed by atoms with Crippen molar-refractivity contribution in [2.24, 2.45) is 5.73 Å². The number of primary amides is 1. The Hall–Kier alpha value is -4.72. The monoisotopic (exact) mass is 494 g/mol. The Morgan fingerprint density at radius 3 is 2.32 bits per heavy atom. The fraction of sp³-hybridized carbons (Fsp3) is 0.172. The molecule has 186 valence electrons. The minimum atomic E-state index is -1.03. The van der Waals surface area contributed by atoms with Gasteiger partial charge in [-0.05, 0) is 29.2 Å². The largest absolute Gasteiger partial charge is 0.368 e. The lowest BCUT2D eigenvalue weighted by molar-refractivity contribution is -0.127. The average molecular weight is 495 g/mol. The minimum Gasteiger partial charge on any atom is -0.368 e. The molecule has 8 nitrogen and oxygen atoms in total. The molecule has 3 N–H and O–H groups in total. The van der Waals surface area contributed by atoms with E-state index < -0.39 is 23.4 Å². The van der Waals surface area contributed by atoms with E-state index in [-0.39, 0.29) is 12.5 Å². The molecular weight excluding hydrogens is 468 g/mol. The first-order chi connectivity index (χ1) is 17.9. The quantitative estimate of drug-likeness (QED) is 0.429. The van der Waals surface area contributed by atoms with Crippen LogP contribution in [-0.4, -0.2) is 33.7 Å². The van der Waals surface area contributed by atoms with Gasteiger partial charge in [-0.1, -0.05) is 72.8 Å². The Morgan fingerprint density at radius 1 is 0.892 bits per heavy atom. The van der Waals surface area contributed by atoms with Gasteiger partial charge in [0.05, 0.1) is 11.1 Å². The van der Waals surface area contributed by atoms with Gasteiger partial charge in [0.15, 0.2) is 0 Å². The lowest BCUT2D eigenvalue weighted by Crippen LogP contribution is -2.41. The molecule has 3 aromatic carbocycles. The molecule has 0 radical (unpaired) electrons. The number of amides is 3. The number of nitrogens with one attached hydrogen (secondary N) is 1. The number of hydrogen-bond acceptors (Lipinski definition) is 4. The molecular formula is C29H26N4O4. The SMILES string of the molecule is NC(=O)C(NC(=O)Cn1c(=O)cc(C(=O)N2CCc3ccccc3C2)c2ccccc21)c1ccccc1. The molecule has 37 heavy (non-hydrogen) atoms. The molecule has 0 bridgehead atoms. The molecule has 1 atom stereocenters. The van der Waals surface area contributed by atoms with Crippen molar-refractivity contribution in [3.05, 3.63) is 118 Å². The van der Waals surface area contributed by atoms with Crippen LogP contribution in [0.3, 0.4) is 0 Å². The molecule has 0 fully saturated rings. The van der Waals surface area contributed by atoms with Crippen LogP contribution in [0.4, 0.5) is 0 Å². The Bertz CT molecular complexity index is 1560. The van der Waals surface area contributed by atoms with E-state index in [1.54, 1.807) is 59.5 Å². The molecule has 0 spiro atoms. The van der Waals surface area contributed by atoms with E-state index in [1.165, 1.54) is 16.2 Å². The number of fused-ring (bicyclic) bond motifs is 2. The second-order valence-electron chi connectivity index (χ2n) is 9.06. The molecule has 1 aliphatic heterocycles. The molecule has 3 amide bonds. The van der Waals surface area contributed by atoms with Gasteiger partial charge in [0, 0.05) is 24.5 Å². The number of aromatic nitrogens is 1. The van der Waals surface area contributed by atoms with E-state index in [0.29, 0.717) is 35.1 Å². The van der Waals surface area contributed by atoms with Crippen LogP contribution in [-0.2, 0) is 29.1 Å². The smallest absolute Gasteiger partial charge is 0.255 e. The summed E-state index contributed by atoms with van der Waals surface area (Å²) in [7, 11) is 0. The van der Waals surface area contributed by atoms with Crippen LogP contribution in [0.25, 0.3) is 10.9 Å². The third kappa shape index (κ3) is 4.86. The summed E-state index contributed by atoms with van der Waals surface area (Å²) in [6, 6.07) is 24.0. The van der Waals surface area contributed by atoms with Crippen molar-refractivity contribution in [1.82, 2.24) is 14.8 Å². The van der Waals surface area contributed by atoms with Crippen LogP contribution in [0.2, 0.25) is 0 Å². The van der Waals surface area contributed by atoms with Crippen molar-refractivity contribution < 1.29 is 14.4 Å². The summed E-state index contributed by atoms with van der Waals surface area (Å²) in [5, 5.41) is 3.20. The number of carbonyl (C=O) groups excluding carboxylic acids is 3. The summed E-state index contributed by atoms with van der Waals surface area (Å²) in [5.41, 5.74) is 8.67.